The highest BCUT2D eigenvalue weighted by molar-refractivity contribution is 7.22. The molecule has 3 rings (SSSR count). The number of anilines is 1. The topological polar surface area (TPSA) is 55.6 Å². The summed E-state index contributed by atoms with van der Waals surface area (Å²) >= 11 is 1.68. The average molecular weight is 301 g/mol. The minimum absolute atomic E-state index is 0.376. The van der Waals surface area contributed by atoms with Crippen LogP contribution in [0.1, 0.15) is 37.0 Å². The lowest BCUT2D eigenvalue weighted by atomic mass is 10.2. The van der Waals surface area contributed by atoms with Gasteiger partial charge < -0.3 is 9.88 Å². The quantitative estimate of drug-likeness (QED) is 0.801. The lowest BCUT2D eigenvalue weighted by Crippen LogP contribution is -2.08. The van der Waals surface area contributed by atoms with Crippen molar-refractivity contribution < 1.29 is 0 Å². The van der Waals surface area contributed by atoms with E-state index >= 15 is 0 Å². The van der Waals surface area contributed by atoms with Gasteiger partial charge in [0.25, 0.3) is 0 Å². The standard InChI is InChI=1S/C15H19N5S/c1-9(2)14-19-18-12(20(14)4)8-16-15-17-11-7-5-6-10(3)13(11)21-15/h5-7,9H,8H2,1-4H3,(H,16,17). The van der Waals surface area contributed by atoms with Gasteiger partial charge in [0, 0.05) is 13.0 Å². The van der Waals surface area contributed by atoms with Crippen LogP contribution < -0.4 is 5.32 Å². The number of hydrogen-bond acceptors (Lipinski definition) is 5. The maximum Gasteiger partial charge on any atom is 0.184 e. The fraction of sp³-hybridized carbons (Fsp3) is 0.400. The molecule has 1 aromatic carbocycles. The van der Waals surface area contributed by atoms with Crippen molar-refractivity contribution in [3.8, 4) is 0 Å². The van der Waals surface area contributed by atoms with Gasteiger partial charge >= 0.3 is 0 Å². The first-order valence-electron chi connectivity index (χ1n) is 7.04. The average Bonchev–Trinajstić information content (AvgIpc) is 3.01. The van der Waals surface area contributed by atoms with E-state index in [-0.39, 0.29) is 0 Å². The SMILES string of the molecule is Cc1cccc2nc(NCc3nnc(C(C)C)n3C)sc12. The molecule has 0 amide bonds. The van der Waals surface area contributed by atoms with E-state index in [1.165, 1.54) is 10.3 Å². The van der Waals surface area contributed by atoms with E-state index in [2.05, 4.69) is 51.9 Å². The van der Waals surface area contributed by atoms with Crippen LogP contribution in [-0.4, -0.2) is 19.7 Å². The van der Waals surface area contributed by atoms with Crippen molar-refractivity contribution in [1.29, 1.82) is 0 Å². The van der Waals surface area contributed by atoms with Gasteiger partial charge in [0.2, 0.25) is 0 Å². The van der Waals surface area contributed by atoms with E-state index in [0.29, 0.717) is 12.5 Å². The monoisotopic (exact) mass is 301 g/mol. The third-order valence-corrected chi connectivity index (χ3v) is 4.69. The summed E-state index contributed by atoms with van der Waals surface area (Å²) in [5, 5.41) is 12.8. The van der Waals surface area contributed by atoms with Crippen molar-refractivity contribution in [3.63, 3.8) is 0 Å². The maximum absolute atomic E-state index is 4.61. The second kappa shape index (κ2) is 5.44. The van der Waals surface area contributed by atoms with E-state index in [1.807, 2.05) is 19.2 Å². The summed E-state index contributed by atoms with van der Waals surface area (Å²) in [5.74, 6) is 2.31. The molecule has 1 N–H and O–H groups in total. The molecule has 5 nitrogen and oxygen atoms in total. The van der Waals surface area contributed by atoms with Crippen molar-refractivity contribution in [2.24, 2.45) is 7.05 Å². The molecule has 0 aliphatic carbocycles. The van der Waals surface area contributed by atoms with Gasteiger partial charge in [-0.1, -0.05) is 37.3 Å². The molecule has 2 aromatic heterocycles. The van der Waals surface area contributed by atoms with Crippen LogP contribution in [0, 0.1) is 6.92 Å². The van der Waals surface area contributed by atoms with Gasteiger partial charge in [0.15, 0.2) is 11.0 Å². The van der Waals surface area contributed by atoms with Crippen LogP contribution in [0.15, 0.2) is 18.2 Å². The molecule has 0 saturated carbocycles. The van der Waals surface area contributed by atoms with Crippen LogP contribution in [0.25, 0.3) is 10.2 Å². The molecule has 2 heterocycles. The van der Waals surface area contributed by atoms with Gasteiger partial charge in [-0.3, -0.25) is 0 Å². The van der Waals surface area contributed by atoms with Crippen LogP contribution in [0.3, 0.4) is 0 Å². The minimum atomic E-state index is 0.376. The number of thiazole rings is 1. The first-order chi connectivity index (χ1) is 10.1. The molecule has 0 unspecified atom stereocenters. The molecular weight excluding hydrogens is 282 g/mol. The molecule has 0 atom stereocenters. The van der Waals surface area contributed by atoms with E-state index in [9.17, 15) is 0 Å². The molecule has 3 aromatic rings. The third-order valence-electron chi connectivity index (χ3n) is 3.52. The van der Waals surface area contributed by atoms with E-state index in [1.54, 1.807) is 11.3 Å². The normalized spacial score (nSPS) is 11.5. The number of benzene rings is 1. The van der Waals surface area contributed by atoms with Crippen LogP contribution in [-0.2, 0) is 13.6 Å². The first kappa shape index (κ1) is 14.0. The molecule has 21 heavy (non-hydrogen) atoms. The fourth-order valence-corrected chi connectivity index (χ4v) is 3.28. The molecule has 0 spiro atoms. The number of aromatic nitrogens is 4. The lowest BCUT2D eigenvalue weighted by molar-refractivity contribution is 0.692. The third kappa shape index (κ3) is 2.63. The Morgan fingerprint density at radius 1 is 1.29 bits per heavy atom. The predicted octanol–water partition coefficient (Wildman–Crippen LogP) is 3.47. The summed E-state index contributed by atoms with van der Waals surface area (Å²) in [7, 11) is 2.01. The van der Waals surface area contributed by atoms with Crippen LogP contribution in [0.5, 0.6) is 0 Å². The summed E-state index contributed by atoms with van der Waals surface area (Å²) in [6, 6.07) is 6.20. The molecule has 110 valence electrons. The zero-order chi connectivity index (χ0) is 15.0. The zero-order valence-electron chi connectivity index (χ0n) is 12.7. The second-order valence-electron chi connectivity index (χ2n) is 5.48. The Morgan fingerprint density at radius 3 is 2.76 bits per heavy atom. The van der Waals surface area contributed by atoms with Crippen LogP contribution >= 0.6 is 11.3 Å². The Bertz CT molecular complexity index is 772. The molecule has 0 fully saturated rings. The number of rotatable bonds is 4. The highest BCUT2D eigenvalue weighted by atomic mass is 32.1. The van der Waals surface area contributed by atoms with E-state index in [4.69, 9.17) is 0 Å². The van der Waals surface area contributed by atoms with E-state index in [0.717, 1.165) is 22.3 Å². The number of fused-ring (bicyclic) bond motifs is 1. The van der Waals surface area contributed by atoms with Crippen molar-refractivity contribution in [3.05, 3.63) is 35.4 Å². The molecule has 0 aliphatic heterocycles. The summed E-state index contributed by atoms with van der Waals surface area (Å²) in [4.78, 5) is 4.61. The highest BCUT2D eigenvalue weighted by Crippen LogP contribution is 2.28. The Hall–Kier alpha value is -1.95. The Labute approximate surface area is 128 Å². The van der Waals surface area contributed by atoms with Crippen LogP contribution in [0.2, 0.25) is 0 Å². The van der Waals surface area contributed by atoms with Crippen LogP contribution in [0.4, 0.5) is 5.13 Å². The predicted molar refractivity (Wildman–Crippen MR) is 86.8 cm³/mol. The molecule has 0 radical (unpaired) electrons. The molecule has 0 bridgehead atoms. The summed E-state index contributed by atoms with van der Waals surface area (Å²) in [6.07, 6.45) is 0. The lowest BCUT2D eigenvalue weighted by Gasteiger charge is -2.06. The van der Waals surface area contributed by atoms with Gasteiger partial charge in [-0.15, -0.1) is 10.2 Å². The summed E-state index contributed by atoms with van der Waals surface area (Å²) in [6.45, 7) is 6.99. The van der Waals surface area contributed by atoms with Gasteiger partial charge in [-0.2, -0.15) is 0 Å². The molecule has 0 aliphatic rings. The van der Waals surface area contributed by atoms with Gasteiger partial charge in [-0.05, 0) is 18.6 Å². The van der Waals surface area contributed by atoms with Crippen molar-refractivity contribution >= 4 is 26.7 Å². The zero-order valence-corrected chi connectivity index (χ0v) is 13.5. The first-order valence-corrected chi connectivity index (χ1v) is 7.86. The summed E-state index contributed by atoms with van der Waals surface area (Å²) in [5.41, 5.74) is 2.31. The van der Waals surface area contributed by atoms with Gasteiger partial charge in [-0.25, -0.2) is 4.98 Å². The number of nitrogens with one attached hydrogen (secondary N) is 1. The van der Waals surface area contributed by atoms with Crippen molar-refractivity contribution in [1.82, 2.24) is 19.7 Å². The smallest absolute Gasteiger partial charge is 0.184 e. The Balaban J connectivity index is 1.79. The second-order valence-corrected chi connectivity index (χ2v) is 6.48. The highest BCUT2D eigenvalue weighted by Gasteiger charge is 2.12. The molecular formula is C15H19N5S. The minimum Gasteiger partial charge on any atom is -0.354 e. The number of hydrogen-bond donors (Lipinski definition) is 1. The van der Waals surface area contributed by atoms with Gasteiger partial charge in [0.1, 0.15) is 5.82 Å². The number of aryl methyl sites for hydroxylation is 1. The maximum atomic E-state index is 4.61. The van der Waals surface area contributed by atoms with Gasteiger partial charge in [0.05, 0.1) is 16.8 Å². The Morgan fingerprint density at radius 2 is 2.10 bits per heavy atom. The fourth-order valence-electron chi connectivity index (χ4n) is 2.35. The number of nitrogens with zero attached hydrogens (tertiary/aromatic N) is 4. The summed E-state index contributed by atoms with van der Waals surface area (Å²) < 4.78 is 3.29. The largest absolute Gasteiger partial charge is 0.354 e. The van der Waals surface area contributed by atoms with E-state index < -0.39 is 0 Å². The molecule has 6 heteroatoms. The Kier molecular flexibility index (Phi) is 3.63. The van der Waals surface area contributed by atoms with Crippen molar-refractivity contribution in [2.45, 2.75) is 33.2 Å². The molecule has 0 saturated heterocycles. The van der Waals surface area contributed by atoms with Crippen molar-refractivity contribution in [2.75, 3.05) is 5.32 Å².